The number of amides is 5. The molecule has 0 radical (unpaired) electrons. The average molecular weight is 460 g/mol. The van der Waals surface area contributed by atoms with Gasteiger partial charge in [-0.1, -0.05) is 18.2 Å². The Bertz CT molecular complexity index is 1330. The summed E-state index contributed by atoms with van der Waals surface area (Å²) in [6.45, 7) is 2.85. The molecule has 0 aliphatic carbocycles. The number of benzene rings is 1. The zero-order valence-corrected chi connectivity index (χ0v) is 18.6. The van der Waals surface area contributed by atoms with Gasteiger partial charge in [-0.3, -0.25) is 19.7 Å². The molecule has 1 unspecified atom stereocenters. The van der Waals surface area contributed by atoms with Crippen molar-refractivity contribution in [3.63, 3.8) is 0 Å². The summed E-state index contributed by atoms with van der Waals surface area (Å²) < 4.78 is 1.97. The Morgan fingerprint density at radius 1 is 1.15 bits per heavy atom. The first-order valence-corrected chi connectivity index (χ1v) is 11.1. The molecular formula is C24H24N6O4. The van der Waals surface area contributed by atoms with Crippen molar-refractivity contribution in [3.8, 4) is 0 Å². The third-order valence-electron chi connectivity index (χ3n) is 6.22. The summed E-state index contributed by atoms with van der Waals surface area (Å²) in [5.74, 6) is -0.983. The molecule has 3 aromatic rings. The molecule has 3 N–H and O–H groups in total. The van der Waals surface area contributed by atoms with Crippen molar-refractivity contribution in [2.75, 3.05) is 0 Å². The molecule has 10 heteroatoms. The lowest BCUT2D eigenvalue weighted by Crippen LogP contribution is -2.52. The van der Waals surface area contributed by atoms with Crippen LogP contribution in [0.1, 0.15) is 45.7 Å². The van der Waals surface area contributed by atoms with Crippen LogP contribution in [0.25, 0.3) is 5.65 Å². The van der Waals surface area contributed by atoms with E-state index in [1.807, 2.05) is 47.9 Å². The van der Waals surface area contributed by atoms with Crippen LogP contribution in [0.5, 0.6) is 0 Å². The van der Waals surface area contributed by atoms with Gasteiger partial charge in [0.2, 0.25) is 11.8 Å². The van der Waals surface area contributed by atoms with Crippen LogP contribution in [-0.2, 0) is 29.2 Å². The molecular weight excluding hydrogens is 436 g/mol. The normalized spacial score (nSPS) is 17.6. The second-order valence-electron chi connectivity index (χ2n) is 8.56. The van der Waals surface area contributed by atoms with Gasteiger partial charge < -0.3 is 19.9 Å². The number of pyridine rings is 1. The maximum Gasteiger partial charge on any atom is 0.315 e. The molecule has 5 amide bonds. The molecule has 4 heterocycles. The maximum atomic E-state index is 12.9. The van der Waals surface area contributed by atoms with Crippen molar-refractivity contribution in [1.29, 1.82) is 0 Å². The van der Waals surface area contributed by atoms with E-state index in [1.165, 1.54) is 4.90 Å². The van der Waals surface area contributed by atoms with Gasteiger partial charge in [0.05, 0.1) is 12.2 Å². The molecule has 0 saturated carbocycles. The number of carbonyl (C=O) groups is 4. The molecule has 1 aromatic carbocycles. The van der Waals surface area contributed by atoms with Crippen LogP contribution in [-0.4, -0.2) is 44.1 Å². The second kappa shape index (κ2) is 8.62. The highest BCUT2D eigenvalue weighted by atomic mass is 16.2. The molecule has 5 rings (SSSR count). The number of hydrogen-bond donors (Lipinski definition) is 3. The Morgan fingerprint density at radius 3 is 2.76 bits per heavy atom. The van der Waals surface area contributed by atoms with E-state index in [0.29, 0.717) is 18.5 Å². The summed E-state index contributed by atoms with van der Waals surface area (Å²) >= 11 is 0. The third kappa shape index (κ3) is 4.09. The van der Waals surface area contributed by atoms with Crippen molar-refractivity contribution in [3.05, 3.63) is 70.7 Å². The number of fused-ring (bicyclic) bond motifs is 2. The number of urea groups is 1. The van der Waals surface area contributed by atoms with Crippen LogP contribution in [0.3, 0.4) is 0 Å². The van der Waals surface area contributed by atoms with Crippen molar-refractivity contribution >= 4 is 29.4 Å². The number of rotatable bonds is 5. The summed E-state index contributed by atoms with van der Waals surface area (Å²) in [4.78, 5) is 54.8. The van der Waals surface area contributed by atoms with Crippen molar-refractivity contribution in [1.82, 2.24) is 30.2 Å². The first-order valence-electron chi connectivity index (χ1n) is 11.1. The topological polar surface area (TPSA) is 125 Å². The van der Waals surface area contributed by atoms with Crippen LogP contribution in [0, 0.1) is 6.92 Å². The van der Waals surface area contributed by atoms with E-state index in [-0.39, 0.29) is 37.4 Å². The van der Waals surface area contributed by atoms with Gasteiger partial charge in [0, 0.05) is 37.0 Å². The number of aryl methyl sites for hydroxylation is 1. The highest BCUT2D eigenvalue weighted by Gasteiger charge is 2.39. The molecule has 34 heavy (non-hydrogen) atoms. The lowest BCUT2D eigenvalue weighted by atomic mass is 10.0. The minimum Gasteiger partial charge on any atom is -0.334 e. The highest BCUT2D eigenvalue weighted by Crippen LogP contribution is 2.28. The zero-order chi connectivity index (χ0) is 23.8. The fourth-order valence-corrected chi connectivity index (χ4v) is 4.41. The Labute approximate surface area is 195 Å². The lowest BCUT2D eigenvalue weighted by Gasteiger charge is -2.29. The van der Waals surface area contributed by atoms with E-state index in [4.69, 9.17) is 0 Å². The third-order valence-corrected chi connectivity index (χ3v) is 6.22. The number of imide groups is 1. The van der Waals surface area contributed by atoms with Crippen molar-refractivity contribution < 1.29 is 19.2 Å². The van der Waals surface area contributed by atoms with Crippen LogP contribution >= 0.6 is 0 Å². The number of carbonyl (C=O) groups excluding carboxylic acids is 4. The van der Waals surface area contributed by atoms with Gasteiger partial charge in [0.25, 0.3) is 5.91 Å². The molecule has 10 nitrogen and oxygen atoms in total. The highest BCUT2D eigenvalue weighted by molar-refractivity contribution is 6.05. The first kappa shape index (κ1) is 21.6. The molecule has 174 valence electrons. The number of imidazole rings is 1. The molecule has 0 bridgehead atoms. The SMILES string of the molecule is Cc1cccc2nc(CNC(=O)NCc3ccc4c(c3)C(=O)N(C3CCC(=O)NC3=O)C4)cn12. The van der Waals surface area contributed by atoms with Gasteiger partial charge >= 0.3 is 6.03 Å². The van der Waals surface area contributed by atoms with Crippen LogP contribution in [0.2, 0.25) is 0 Å². The fraction of sp³-hybridized carbons (Fsp3) is 0.292. The molecule has 1 fully saturated rings. The van der Waals surface area contributed by atoms with E-state index >= 15 is 0 Å². The van der Waals surface area contributed by atoms with Gasteiger partial charge in [0.15, 0.2) is 0 Å². The molecule has 1 atom stereocenters. The maximum absolute atomic E-state index is 12.9. The molecule has 2 aromatic heterocycles. The first-order chi connectivity index (χ1) is 16.4. The zero-order valence-electron chi connectivity index (χ0n) is 18.6. The van der Waals surface area contributed by atoms with Gasteiger partial charge in [-0.15, -0.1) is 0 Å². The van der Waals surface area contributed by atoms with Crippen LogP contribution < -0.4 is 16.0 Å². The van der Waals surface area contributed by atoms with Gasteiger partial charge in [-0.2, -0.15) is 0 Å². The number of aromatic nitrogens is 2. The largest absolute Gasteiger partial charge is 0.334 e. The summed E-state index contributed by atoms with van der Waals surface area (Å²) in [6, 6.07) is 10.3. The summed E-state index contributed by atoms with van der Waals surface area (Å²) in [6.07, 6.45) is 2.44. The number of nitrogens with zero attached hydrogens (tertiary/aromatic N) is 3. The average Bonchev–Trinajstić information content (AvgIpc) is 3.38. The Balaban J connectivity index is 1.17. The van der Waals surface area contributed by atoms with Gasteiger partial charge in [-0.05, 0) is 42.7 Å². The summed E-state index contributed by atoms with van der Waals surface area (Å²) in [5, 5.41) is 7.89. The minimum absolute atomic E-state index is 0.218. The molecule has 2 aliphatic rings. The van der Waals surface area contributed by atoms with E-state index in [0.717, 1.165) is 28.2 Å². The second-order valence-corrected chi connectivity index (χ2v) is 8.56. The summed E-state index contributed by atoms with van der Waals surface area (Å²) in [5.41, 5.74) is 4.75. The predicted molar refractivity (Wildman–Crippen MR) is 121 cm³/mol. The van der Waals surface area contributed by atoms with Crippen molar-refractivity contribution in [2.24, 2.45) is 0 Å². The smallest absolute Gasteiger partial charge is 0.315 e. The van der Waals surface area contributed by atoms with Crippen LogP contribution in [0.4, 0.5) is 4.79 Å². The lowest BCUT2D eigenvalue weighted by molar-refractivity contribution is -0.136. The Hall–Kier alpha value is -4.21. The fourth-order valence-electron chi connectivity index (χ4n) is 4.41. The number of nitrogens with one attached hydrogen (secondary N) is 3. The minimum atomic E-state index is -0.645. The molecule has 1 saturated heterocycles. The predicted octanol–water partition coefficient (Wildman–Crippen LogP) is 1.40. The Morgan fingerprint density at radius 2 is 1.97 bits per heavy atom. The Kier molecular flexibility index (Phi) is 5.48. The van der Waals surface area contributed by atoms with E-state index in [9.17, 15) is 19.2 Å². The molecule has 2 aliphatic heterocycles. The van der Waals surface area contributed by atoms with Crippen LogP contribution in [0.15, 0.2) is 42.6 Å². The monoisotopic (exact) mass is 460 g/mol. The summed E-state index contributed by atoms with van der Waals surface area (Å²) in [7, 11) is 0. The van der Waals surface area contributed by atoms with Gasteiger partial charge in [0.1, 0.15) is 11.7 Å². The number of piperidine rings is 1. The van der Waals surface area contributed by atoms with E-state index < -0.39 is 11.9 Å². The number of hydrogen-bond acceptors (Lipinski definition) is 5. The van der Waals surface area contributed by atoms with E-state index in [2.05, 4.69) is 20.9 Å². The molecule has 0 spiro atoms. The van der Waals surface area contributed by atoms with Crippen molar-refractivity contribution in [2.45, 2.75) is 45.4 Å². The standard InChI is InChI=1S/C24H24N6O4/c1-14-3-2-4-20-27-17(13-29(14)20)11-26-24(34)25-10-15-5-6-16-12-30(23(33)18(16)9-15)19-7-8-21(31)28-22(19)32/h2-6,9,13,19H,7-8,10-12H2,1H3,(H2,25,26,34)(H,28,31,32). The van der Waals surface area contributed by atoms with E-state index in [1.54, 1.807) is 6.07 Å². The quantitative estimate of drug-likeness (QED) is 0.497. The van der Waals surface area contributed by atoms with Gasteiger partial charge in [-0.25, -0.2) is 9.78 Å².